The predicted molar refractivity (Wildman–Crippen MR) is 58.5 cm³/mol. The molecule has 0 bridgehead atoms. The van der Waals surface area contributed by atoms with Crippen LogP contribution >= 0.6 is 23.2 Å². The zero-order valence-corrected chi connectivity index (χ0v) is 9.22. The maximum absolute atomic E-state index is 6.00. The molecular formula is C10H12Cl2N2. The Hall–Kier alpha value is -0.310. The first-order valence-corrected chi connectivity index (χ1v) is 5.49. The first-order chi connectivity index (χ1) is 6.66. The number of nitrogens with zero attached hydrogens (tertiary/aromatic N) is 1. The van der Waals surface area contributed by atoms with Crippen molar-refractivity contribution in [3.63, 3.8) is 0 Å². The third-order valence-corrected chi connectivity index (χ3v) is 2.98. The van der Waals surface area contributed by atoms with Crippen molar-refractivity contribution in [1.82, 2.24) is 4.98 Å². The molecule has 1 heterocycles. The van der Waals surface area contributed by atoms with Crippen LogP contribution in [0.15, 0.2) is 12.3 Å². The highest BCUT2D eigenvalue weighted by atomic mass is 35.5. The Labute approximate surface area is 93.4 Å². The van der Waals surface area contributed by atoms with Gasteiger partial charge in [0, 0.05) is 12.2 Å². The number of aromatic nitrogens is 1. The lowest BCUT2D eigenvalue weighted by molar-refractivity contribution is 0.584. The molecule has 1 saturated carbocycles. The average molecular weight is 231 g/mol. The topological polar surface area (TPSA) is 38.9 Å². The van der Waals surface area contributed by atoms with E-state index in [9.17, 15) is 0 Å². The molecule has 2 nitrogen and oxygen atoms in total. The summed E-state index contributed by atoms with van der Waals surface area (Å²) in [6, 6.07) is 1.64. The van der Waals surface area contributed by atoms with E-state index in [0.717, 1.165) is 18.0 Å². The van der Waals surface area contributed by atoms with Crippen LogP contribution in [0.4, 0.5) is 0 Å². The Morgan fingerprint density at radius 3 is 2.79 bits per heavy atom. The molecule has 0 aromatic carbocycles. The van der Waals surface area contributed by atoms with Crippen molar-refractivity contribution in [3.8, 4) is 0 Å². The normalized spacial score (nSPS) is 18.2. The number of hydrogen-bond donors (Lipinski definition) is 1. The quantitative estimate of drug-likeness (QED) is 0.867. The molecule has 1 aliphatic rings. The summed E-state index contributed by atoms with van der Waals surface area (Å²) in [5.41, 5.74) is 6.76. The summed E-state index contributed by atoms with van der Waals surface area (Å²) in [7, 11) is 0. The molecule has 1 aromatic rings. The van der Waals surface area contributed by atoms with Gasteiger partial charge in [0.1, 0.15) is 0 Å². The van der Waals surface area contributed by atoms with Gasteiger partial charge in [0.25, 0.3) is 0 Å². The van der Waals surface area contributed by atoms with Gasteiger partial charge < -0.3 is 5.73 Å². The van der Waals surface area contributed by atoms with Gasteiger partial charge in [-0.3, -0.25) is 4.98 Å². The first-order valence-electron chi connectivity index (χ1n) is 4.73. The molecule has 0 radical (unpaired) electrons. The summed E-state index contributed by atoms with van der Waals surface area (Å²) in [5.74, 6) is 0.776. The number of hydrogen-bond acceptors (Lipinski definition) is 2. The monoisotopic (exact) mass is 230 g/mol. The van der Waals surface area contributed by atoms with Crippen LogP contribution in [-0.4, -0.2) is 4.98 Å². The van der Waals surface area contributed by atoms with Crippen LogP contribution in [-0.2, 0) is 0 Å². The van der Waals surface area contributed by atoms with E-state index in [1.165, 1.54) is 12.8 Å². The minimum atomic E-state index is -0.0488. The number of halogens is 2. The van der Waals surface area contributed by atoms with Crippen molar-refractivity contribution in [2.24, 2.45) is 11.7 Å². The lowest BCUT2D eigenvalue weighted by Crippen LogP contribution is -2.13. The third-order valence-electron chi connectivity index (χ3n) is 2.47. The standard InChI is InChI=1S/C10H12Cl2N2/c11-7-4-8(12)10(14-5-7)9(13)3-6-1-2-6/h4-6,9H,1-3,13H2. The maximum Gasteiger partial charge on any atom is 0.0758 e. The summed E-state index contributed by atoms with van der Waals surface area (Å²) in [5, 5.41) is 1.13. The highest BCUT2D eigenvalue weighted by Gasteiger charge is 2.25. The second-order valence-corrected chi connectivity index (χ2v) is 4.65. The van der Waals surface area contributed by atoms with Crippen molar-refractivity contribution < 1.29 is 0 Å². The molecule has 14 heavy (non-hydrogen) atoms. The Balaban J connectivity index is 2.13. The molecule has 1 aromatic heterocycles. The molecule has 1 aliphatic carbocycles. The van der Waals surface area contributed by atoms with Crippen LogP contribution in [0.5, 0.6) is 0 Å². The Kier molecular flexibility index (Phi) is 2.96. The van der Waals surface area contributed by atoms with E-state index in [4.69, 9.17) is 28.9 Å². The van der Waals surface area contributed by atoms with Crippen LogP contribution < -0.4 is 5.73 Å². The molecule has 2 N–H and O–H groups in total. The van der Waals surface area contributed by atoms with Crippen molar-refractivity contribution in [3.05, 3.63) is 28.0 Å². The zero-order valence-electron chi connectivity index (χ0n) is 7.71. The van der Waals surface area contributed by atoms with Gasteiger partial charge in [-0.2, -0.15) is 0 Å². The molecule has 0 spiro atoms. The molecule has 4 heteroatoms. The molecular weight excluding hydrogens is 219 g/mol. The molecule has 76 valence electrons. The second kappa shape index (κ2) is 4.05. The fourth-order valence-electron chi connectivity index (χ4n) is 1.52. The van der Waals surface area contributed by atoms with Crippen LogP contribution in [0, 0.1) is 5.92 Å². The molecule has 0 amide bonds. The minimum Gasteiger partial charge on any atom is -0.323 e. The van der Waals surface area contributed by atoms with Crippen LogP contribution in [0.1, 0.15) is 31.0 Å². The third kappa shape index (κ3) is 2.38. The van der Waals surface area contributed by atoms with Crippen molar-refractivity contribution in [2.45, 2.75) is 25.3 Å². The molecule has 1 atom stereocenters. The fraction of sp³-hybridized carbons (Fsp3) is 0.500. The molecule has 1 unspecified atom stereocenters. The van der Waals surface area contributed by atoms with E-state index in [0.29, 0.717) is 10.0 Å². The Morgan fingerprint density at radius 2 is 2.21 bits per heavy atom. The summed E-state index contributed by atoms with van der Waals surface area (Å²) >= 11 is 11.8. The Bertz CT molecular complexity index is 337. The summed E-state index contributed by atoms with van der Waals surface area (Å²) in [4.78, 5) is 4.17. The van der Waals surface area contributed by atoms with Gasteiger partial charge in [0.05, 0.1) is 15.7 Å². The van der Waals surface area contributed by atoms with Crippen LogP contribution in [0.3, 0.4) is 0 Å². The van der Waals surface area contributed by atoms with Gasteiger partial charge in [-0.05, 0) is 18.4 Å². The van der Waals surface area contributed by atoms with E-state index in [-0.39, 0.29) is 6.04 Å². The molecule has 0 aliphatic heterocycles. The highest BCUT2D eigenvalue weighted by Crippen LogP contribution is 2.37. The Morgan fingerprint density at radius 1 is 1.50 bits per heavy atom. The largest absolute Gasteiger partial charge is 0.323 e. The SMILES string of the molecule is NC(CC1CC1)c1ncc(Cl)cc1Cl. The van der Waals surface area contributed by atoms with Gasteiger partial charge >= 0.3 is 0 Å². The minimum absolute atomic E-state index is 0.0488. The number of rotatable bonds is 3. The van der Waals surface area contributed by atoms with E-state index < -0.39 is 0 Å². The number of pyridine rings is 1. The fourth-order valence-corrected chi connectivity index (χ4v) is 2.04. The molecule has 1 fully saturated rings. The van der Waals surface area contributed by atoms with Gasteiger partial charge in [0.15, 0.2) is 0 Å². The van der Waals surface area contributed by atoms with E-state index in [1.807, 2.05) is 0 Å². The highest BCUT2D eigenvalue weighted by molar-refractivity contribution is 6.34. The smallest absolute Gasteiger partial charge is 0.0758 e. The summed E-state index contributed by atoms with van der Waals surface area (Å²) in [6.45, 7) is 0. The lowest BCUT2D eigenvalue weighted by Gasteiger charge is -2.11. The average Bonchev–Trinajstić information content (AvgIpc) is 2.87. The predicted octanol–water partition coefficient (Wildman–Crippen LogP) is 3.19. The summed E-state index contributed by atoms with van der Waals surface area (Å²) in [6.07, 6.45) is 5.15. The van der Waals surface area contributed by atoms with Crippen molar-refractivity contribution in [1.29, 1.82) is 0 Å². The number of nitrogens with two attached hydrogens (primary N) is 1. The second-order valence-electron chi connectivity index (χ2n) is 3.81. The molecule has 0 saturated heterocycles. The van der Waals surface area contributed by atoms with Crippen LogP contribution in [0.25, 0.3) is 0 Å². The van der Waals surface area contributed by atoms with Gasteiger partial charge in [0.2, 0.25) is 0 Å². The molecule has 2 rings (SSSR count). The van der Waals surface area contributed by atoms with Crippen molar-refractivity contribution in [2.75, 3.05) is 0 Å². The van der Waals surface area contributed by atoms with Gasteiger partial charge in [-0.15, -0.1) is 0 Å². The van der Waals surface area contributed by atoms with Gasteiger partial charge in [-0.1, -0.05) is 36.0 Å². The lowest BCUT2D eigenvalue weighted by atomic mass is 10.1. The van der Waals surface area contributed by atoms with Crippen molar-refractivity contribution >= 4 is 23.2 Å². The van der Waals surface area contributed by atoms with E-state index in [2.05, 4.69) is 4.98 Å². The van der Waals surface area contributed by atoms with Crippen LogP contribution in [0.2, 0.25) is 10.0 Å². The van der Waals surface area contributed by atoms with E-state index >= 15 is 0 Å². The first kappa shape index (κ1) is 10.2. The summed E-state index contributed by atoms with van der Waals surface area (Å²) < 4.78 is 0. The van der Waals surface area contributed by atoms with E-state index in [1.54, 1.807) is 12.3 Å². The zero-order chi connectivity index (χ0) is 10.1. The maximum atomic E-state index is 6.00. The van der Waals surface area contributed by atoms with Gasteiger partial charge in [-0.25, -0.2) is 0 Å².